The first-order chi connectivity index (χ1) is 7.56. The van der Waals surface area contributed by atoms with Crippen molar-refractivity contribution in [1.82, 2.24) is 0 Å². The van der Waals surface area contributed by atoms with Crippen LogP contribution in [0.25, 0.3) is 0 Å². The van der Waals surface area contributed by atoms with Crippen LogP contribution in [0.4, 0.5) is 8.78 Å². The molecule has 0 aliphatic carbocycles. The SMILES string of the molecule is CCC(=CC(=O)c1cc(F)cc(F)c1)CC. The van der Waals surface area contributed by atoms with Crippen molar-refractivity contribution in [1.29, 1.82) is 0 Å². The lowest BCUT2D eigenvalue weighted by Gasteiger charge is -2.01. The van der Waals surface area contributed by atoms with Gasteiger partial charge in [0.2, 0.25) is 0 Å². The van der Waals surface area contributed by atoms with E-state index in [2.05, 4.69) is 0 Å². The average molecular weight is 224 g/mol. The lowest BCUT2D eigenvalue weighted by molar-refractivity contribution is 0.104. The number of rotatable bonds is 4. The molecule has 1 aromatic rings. The first-order valence-corrected chi connectivity index (χ1v) is 5.26. The largest absolute Gasteiger partial charge is 0.289 e. The molecule has 3 heteroatoms. The summed E-state index contributed by atoms with van der Waals surface area (Å²) < 4.78 is 25.8. The fourth-order valence-electron chi connectivity index (χ4n) is 1.42. The lowest BCUT2D eigenvalue weighted by Crippen LogP contribution is -1.98. The van der Waals surface area contributed by atoms with E-state index in [9.17, 15) is 13.6 Å². The summed E-state index contributed by atoms with van der Waals surface area (Å²) in [7, 11) is 0. The molecule has 0 saturated carbocycles. The molecule has 1 nitrogen and oxygen atoms in total. The Morgan fingerprint density at radius 1 is 1.12 bits per heavy atom. The molecule has 0 heterocycles. The van der Waals surface area contributed by atoms with E-state index in [0.29, 0.717) is 0 Å². The molecule has 0 atom stereocenters. The predicted molar refractivity (Wildman–Crippen MR) is 59.4 cm³/mol. The minimum absolute atomic E-state index is 0.0527. The Morgan fingerprint density at radius 3 is 2.06 bits per heavy atom. The molecule has 0 aromatic heterocycles. The molecule has 0 aliphatic rings. The van der Waals surface area contributed by atoms with Crippen molar-refractivity contribution in [3.05, 3.63) is 47.0 Å². The summed E-state index contributed by atoms with van der Waals surface area (Å²) in [6, 6.07) is 2.84. The number of hydrogen-bond donors (Lipinski definition) is 0. The molecule has 0 fully saturated rings. The van der Waals surface area contributed by atoms with Crippen LogP contribution < -0.4 is 0 Å². The molecular formula is C13H14F2O. The van der Waals surface area contributed by atoms with Gasteiger partial charge in [-0.3, -0.25) is 4.79 Å². The van der Waals surface area contributed by atoms with Gasteiger partial charge in [-0.2, -0.15) is 0 Å². The van der Waals surface area contributed by atoms with Crippen LogP contribution >= 0.6 is 0 Å². The maximum atomic E-state index is 12.9. The number of benzene rings is 1. The van der Waals surface area contributed by atoms with Gasteiger partial charge in [0.05, 0.1) is 0 Å². The normalized spacial score (nSPS) is 10.0. The molecule has 0 amide bonds. The summed E-state index contributed by atoms with van der Waals surface area (Å²) in [6.45, 7) is 3.88. The Bertz CT molecular complexity index is 396. The van der Waals surface area contributed by atoms with E-state index >= 15 is 0 Å². The van der Waals surface area contributed by atoms with Crippen molar-refractivity contribution in [2.75, 3.05) is 0 Å². The summed E-state index contributed by atoms with van der Waals surface area (Å²) in [5.41, 5.74) is 1.02. The highest BCUT2D eigenvalue weighted by Crippen LogP contribution is 2.12. The fourth-order valence-corrected chi connectivity index (χ4v) is 1.42. The van der Waals surface area contributed by atoms with Crippen LogP contribution in [0.15, 0.2) is 29.8 Å². The van der Waals surface area contributed by atoms with E-state index in [-0.39, 0.29) is 11.3 Å². The standard InChI is InChI=1S/C13H14F2O/c1-3-9(4-2)5-13(16)10-6-11(14)8-12(15)7-10/h5-8H,3-4H2,1-2H3. The smallest absolute Gasteiger partial charge is 0.185 e. The van der Waals surface area contributed by atoms with Crippen molar-refractivity contribution in [2.24, 2.45) is 0 Å². The van der Waals surface area contributed by atoms with E-state index in [4.69, 9.17) is 0 Å². The average Bonchev–Trinajstić information content (AvgIpc) is 2.24. The van der Waals surface area contributed by atoms with E-state index in [0.717, 1.165) is 36.6 Å². The van der Waals surface area contributed by atoms with Crippen LogP contribution in [0.3, 0.4) is 0 Å². The monoisotopic (exact) mass is 224 g/mol. The third kappa shape index (κ3) is 3.26. The summed E-state index contributed by atoms with van der Waals surface area (Å²) in [5.74, 6) is -1.81. The molecule has 1 aromatic carbocycles. The third-order valence-electron chi connectivity index (χ3n) is 2.39. The van der Waals surface area contributed by atoms with Gasteiger partial charge < -0.3 is 0 Å². The van der Waals surface area contributed by atoms with Crippen molar-refractivity contribution in [3.63, 3.8) is 0 Å². The van der Waals surface area contributed by atoms with Crippen LogP contribution in [0.5, 0.6) is 0 Å². The zero-order valence-electron chi connectivity index (χ0n) is 9.39. The van der Waals surface area contributed by atoms with Crippen molar-refractivity contribution in [2.45, 2.75) is 26.7 Å². The van der Waals surface area contributed by atoms with Crippen LogP contribution in [0.2, 0.25) is 0 Å². The summed E-state index contributed by atoms with van der Waals surface area (Å²) in [4.78, 5) is 11.7. The molecule has 0 aliphatic heterocycles. The minimum Gasteiger partial charge on any atom is -0.289 e. The maximum absolute atomic E-state index is 12.9. The zero-order chi connectivity index (χ0) is 12.1. The second-order valence-corrected chi connectivity index (χ2v) is 3.53. The van der Waals surface area contributed by atoms with Gasteiger partial charge in [0.15, 0.2) is 5.78 Å². The molecular weight excluding hydrogens is 210 g/mol. The Labute approximate surface area is 93.8 Å². The fraction of sp³-hybridized carbons (Fsp3) is 0.308. The molecule has 0 bridgehead atoms. The van der Waals surface area contributed by atoms with E-state index in [1.165, 1.54) is 6.08 Å². The van der Waals surface area contributed by atoms with Crippen LogP contribution in [-0.2, 0) is 0 Å². The number of carbonyl (C=O) groups excluding carboxylic acids is 1. The van der Waals surface area contributed by atoms with Crippen molar-refractivity contribution in [3.8, 4) is 0 Å². The van der Waals surface area contributed by atoms with Gasteiger partial charge in [0.25, 0.3) is 0 Å². The minimum atomic E-state index is -0.730. The van der Waals surface area contributed by atoms with Crippen molar-refractivity contribution < 1.29 is 13.6 Å². The van der Waals surface area contributed by atoms with E-state index in [1.54, 1.807) is 0 Å². The highest BCUT2D eigenvalue weighted by atomic mass is 19.1. The Hall–Kier alpha value is -1.51. The predicted octanol–water partition coefficient (Wildman–Crippen LogP) is 3.89. The van der Waals surface area contributed by atoms with Gasteiger partial charge in [0, 0.05) is 11.6 Å². The molecule has 0 N–H and O–H groups in total. The summed E-state index contributed by atoms with van der Waals surface area (Å²) in [5, 5.41) is 0. The Kier molecular flexibility index (Phi) is 4.35. The van der Waals surface area contributed by atoms with Crippen molar-refractivity contribution >= 4 is 5.78 Å². The third-order valence-corrected chi connectivity index (χ3v) is 2.39. The van der Waals surface area contributed by atoms with Gasteiger partial charge in [0.1, 0.15) is 11.6 Å². The van der Waals surface area contributed by atoms with E-state index < -0.39 is 11.6 Å². The molecule has 16 heavy (non-hydrogen) atoms. The second kappa shape index (κ2) is 5.54. The van der Waals surface area contributed by atoms with Crippen LogP contribution in [0.1, 0.15) is 37.0 Å². The first-order valence-electron chi connectivity index (χ1n) is 5.26. The molecule has 86 valence electrons. The maximum Gasteiger partial charge on any atom is 0.185 e. The lowest BCUT2D eigenvalue weighted by atomic mass is 10.0. The summed E-state index contributed by atoms with van der Waals surface area (Å²) >= 11 is 0. The quantitative estimate of drug-likeness (QED) is 0.560. The van der Waals surface area contributed by atoms with Gasteiger partial charge in [-0.1, -0.05) is 19.4 Å². The van der Waals surface area contributed by atoms with Crippen LogP contribution in [0, 0.1) is 11.6 Å². The van der Waals surface area contributed by atoms with Crippen LogP contribution in [-0.4, -0.2) is 5.78 Å². The van der Waals surface area contributed by atoms with Gasteiger partial charge in [-0.25, -0.2) is 8.78 Å². The molecule has 0 unspecified atom stereocenters. The van der Waals surface area contributed by atoms with E-state index in [1.807, 2.05) is 13.8 Å². The Balaban J connectivity index is 3.01. The van der Waals surface area contributed by atoms with Gasteiger partial charge in [-0.05, 0) is 31.1 Å². The number of carbonyl (C=O) groups is 1. The molecule has 0 spiro atoms. The molecule has 1 rings (SSSR count). The number of hydrogen-bond acceptors (Lipinski definition) is 1. The number of halogens is 2. The topological polar surface area (TPSA) is 17.1 Å². The highest BCUT2D eigenvalue weighted by Gasteiger charge is 2.07. The highest BCUT2D eigenvalue weighted by molar-refractivity contribution is 6.04. The Morgan fingerprint density at radius 2 is 1.62 bits per heavy atom. The van der Waals surface area contributed by atoms with Gasteiger partial charge >= 0.3 is 0 Å². The molecule has 0 radical (unpaired) electrons. The number of allylic oxidation sites excluding steroid dienone is 2. The molecule has 0 saturated heterocycles. The zero-order valence-corrected chi connectivity index (χ0v) is 9.39. The summed E-state index contributed by atoms with van der Waals surface area (Å²) in [6.07, 6.45) is 2.98. The second-order valence-electron chi connectivity index (χ2n) is 3.53. The number of ketones is 1. The first kappa shape index (κ1) is 12.6. The van der Waals surface area contributed by atoms with Gasteiger partial charge in [-0.15, -0.1) is 0 Å².